The number of hydrogen-bond donors (Lipinski definition) is 2. The van der Waals surface area contributed by atoms with Crippen molar-refractivity contribution in [1.82, 2.24) is 10.6 Å². The summed E-state index contributed by atoms with van der Waals surface area (Å²) in [6.07, 6.45) is -4.75. The second-order valence-corrected chi connectivity index (χ2v) is 6.70. The molecule has 0 aliphatic carbocycles. The first-order valence-corrected chi connectivity index (χ1v) is 9.30. The Balaban J connectivity index is 1.54. The van der Waals surface area contributed by atoms with Crippen LogP contribution in [0.15, 0.2) is 72.8 Å². The molecule has 3 rings (SSSR count). The molecular formula is C23H18F4N2O2. The van der Waals surface area contributed by atoms with Crippen LogP contribution in [0.5, 0.6) is 0 Å². The predicted octanol–water partition coefficient (Wildman–Crippen LogP) is 4.56. The molecule has 0 aliphatic heterocycles. The number of benzene rings is 3. The second kappa shape index (κ2) is 9.42. The molecule has 8 heteroatoms. The zero-order valence-electron chi connectivity index (χ0n) is 16.2. The van der Waals surface area contributed by atoms with E-state index in [-0.39, 0.29) is 5.56 Å². The van der Waals surface area contributed by atoms with Gasteiger partial charge in [-0.1, -0.05) is 48.5 Å². The average Bonchev–Trinajstić information content (AvgIpc) is 2.76. The molecule has 0 heterocycles. The summed E-state index contributed by atoms with van der Waals surface area (Å²) >= 11 is 0. The van der Waals surface area contributed by atoms with E-state index < -0.39 is 42.5 Å². The standard InChI is InChI=1S/C23H18F4N2O2/c24-19-11-10-18(20(12-19)23(25,26)27)13-28-21(30)14-29-22(31)17-8-6-16(7-9-17)15-4-2-1-3-5-15/h1-12H,13-14H2,(H,28,30)(H,29,31). The normalized spacial score (nSPS) is 11.1. The molecule has 31 heavy (non-hydrogen) atoms. The second-order valence-electron chi connectivity index (χ2n) is 6.70. The minimum atomic E-state index is -4.75. The van der Waals surface area contributed by atoms with Gasteiger partial charge in [0.25, 0.3) is 5.91 Å². The van der Waals surface area contributed by atoms with Crippen molar-refractivity contribution in [2.75, 3.05) is 6.54 Å². The van der Waals surface area contributed by atoms with E-state index in [4.69, 9.17) is 0 Å². The van der Waals surface area contributed by atoms with Crippen molar-refractivity contribution < 1.29 is 27.2 Å². The Hall–Kier alpha value is -3.68. The smallest absolute Gasteiger partial charge is 0.350 e. The number of alkyl halides is 3. The Morgan fingerprint density at radius 3 is 2.10 bits per heavy atom. The van der Waals surface area contributed by atoms with Crippen molar-refractivity contribution in [3.05, 3.63) is 95.3 Å². The Labute approximate surface area is 175 Å². The maximum Gasteiger partial charge on any atom is 0.416 e. The van der Waals surface area contributed by atoms with Crippen molar-refractivity contribution in [2.24, 2.45) is 0 Å². The summed E-state index contributed by atoms with van der Waals surface area (Å²) < 4.78 is 52.1. The number of halogens is 4. The Morgan fingerprint density at radius 1 is 0.806 bits per heavy atom. The summed E-state index contributed by atoms with van der Waals surface area (Å²) in [7, 11) is 0. The van der Waals surface area contributed by atoms with Crippen LogP contribution < -0.4 is 10.6 Å². The number of carbonyl (C=O) groups is 2. The number of hydrogen-bond acceptors (Lipinski definition) is 2. The monoisotopic (exact) mass is 430 g/mol. The van der Waals surface area contributed by atoms with E-state index in [9.17, 15) is 27.2 Å². The van der Waals surface area contributed by atoms with Gasteiger partial charge in [-0.15, -0.1) is 0 Å². The van der Waals surface area contributed by atoms with Crippen LogP contribution in [0.25, 0.3) is 11.1 Å². The first kappa shape index (κ1) is 22.0. The molecule has 0 unspecified atom stereocenters. The zero-order chi connectivity index (χ0) is 22.4. The highest BCUT2D eigenvalue weighted by atomic mass is 19.4. The van der Waals surface area contributed by atoms with E-state index in [1.807, 2.05) is 30.3 Å². The summed E-state index contributed by atoms with van der Waals surface area (Å²) in [6.45, 7) is -0.864. The van der Waals surface area contributed by atoms with Crippen LogP contribution in [0.4, 0.5) is 17.6 Å². The van der Waals surface area contributed by atoms with Crippen molar-refractivity contribution in [1.29, 1.82) is 0 Å². The molecule has 0 saturated carbocycles. The van der Waals surface area contributed by atoms with E-state index in [2.05, 4.69) is 10.6 Å². The van der Waals surface area contributed by atoms with Gasteiger partial charge in [0.05, 0.1) is 12.1 Å². The molecule has 0 atom stereocenters. The van der Waals surface area contributed by atoms with Crippen molar-refractivity contribution in [2.45, 2.75) is 12.7 Å². The highest BCUT2D eigenvalue weighted by Gasteiger charge is 2.33. The fourth-order valence-electron chi connectivity index (χ4n) is 2.93. The van der Waals surface area contributed by atoms with Gasteiger partial charge in [-0.3, -0.25) is 9.59 Å². The largest absolute Gasteiger partial charge is 0.416 e. The zero-order valence-corrected chi connectivity index (χ0v) is 16.2. The Bertz CT molecular complexity index is 1070. The maximum atomic E-state index is 13.1. The van der Waals surface area contributed by atoms with Crippen LogP contribution in [0.1, 0.15) is 21.5 Å². The molecule has 2 amide bonds. The van der Waals surface area contributed by atoms with E-state index in [1.54, 1.807) is 24.3 Å². The van der Waals surface area contributed by atoms with Gasteiger partial charge in [0, 0.05) is 12.1 Å². The lowest BCUT2D eigenvalue weighted by Gasteiger charge is -2.14. The van der Waals surface area contributed by atoms with Gasteiger partial charge >= 0.3 is 6.18 Å². The van der Waals surface area contributed by atoms with Crippen molar-refractivity contribution >= 4 is 11.8 Å². The first-order chi connectivity index (χ1) is 14.7. The summed E-state index contributed by atoms with van der Waals surface area (Å²) in [5.41, 5.74) is 0.827. The van der Waals surface area contributed by atoms with Crippen LogP contribution in [-0.2, 0) is 17.5 Å². The van der Waals surface area contributed by atoms with Crippen molar-refractivity contribution in [3.8, 4) is 11.1 Å². The van der Waals surface area contributed by atoms with Crippen LogP contribution >= 0.6 is 0 Å². The third kappa shape index (κ3) is 5.91. The lowest BCUT2D eigenvalue weighted by Crippen LogP contribution is -2.36. The van der Waals surface area contributed by atoms with Crippen LogP contribution in [-0.4, -0.2) is 18.4 Å². The molecule has 2 N–H and O–H groups in total. The maximum absolute atomic E-state index is 13.1. The van der Waals surface area contributed by atoms with Gasteiger partial charge in [0.2, 0.25) is 5.91 Å². The van der Waals surface area contributed by atoms with E-state index in [0.717, 1.165) is 23.3 Å². The molecule has 160 valence electrons. The number of carbonyl (C=O) groups excluding carboxylic acids is 2. The molecule has 3 aromatic carbocycles. The lowest BCUT2D eigenvalue weighted by atomic mass is 10.0. The Kier molecular flexibility index (Phi) is 6.69. The topological polar surface area (TPSA) is 58.2 Å². The molecular weight excluding hydrogens is 412 g/mol. The Morgan fingerprint density at radius 2 is 1.45 bits per heavy atom. The van der Waals surface area contributed by atoms with Gasteiger partial charge in [-0.25, -0.2) is 4.39 Å². The third-order valence-corrected chi connectivity index (χ3v) is 4.52. The fourth-order valence-corrected chi connectivity index (χ4v) is 2.93. The first-order valence-electron chi connectivity index (χ1n) is 9.30. The number of amides is 2. The third-order valence-electron chi connectivity index (χ3n) is 4.52. The molecule has 0 aliphatic rings. The highest BCUT2D eigenvalue weighted by Crippen LogP contribution is 2.32. The molecule has 0 aromatic heterocycles. The van der Waals surface area contributed by atoms with E-state index >= 15 is 0 Å². The fraction of sp³-hybridized carbons (Fsp3) is 0.130. The minimum Gasteiger partial charge on any atom is -0.350 e. The van der Waals surface area contributed by atoms with Gasteiger partial charge < -0.3 is 10.6 Å². The molecule has 0 spiro atoms. The summed E-state index contributed by atoms with van der Waals surface area (Å²) in [4.78, 5) is 24.2. The molecule has 0 radical (unpaired) electrons. The minimum absolute atomic E-state index is 0.273. The summed E-state index contributed by atoms with van der Waals surface area (Å²) in [5.74, 6) is -2.19. The quantitative estimate of drug-likeness (QED) is 0.564. The average molecular weight is 430 g/mol. The number of rotatable bonds is 6. The van der Waals surface area contributed by atoms with E-state index in [1.165, 1.54) is 0 Å². The van der Waals surface area contributed by atoms with Crippen LogP contribution in [0, 0.1) is 5.82 Å². The molecule has 0 bridgehead atoms. The van der Waals surface area contributed by atoms with Gasteiger partial charge in [0.1, 0.15) is 5.82 Å². The van der Waals surface area contributed by atoms with Crippen LogP contribution in [0.2, 0.25) is 0 Å². The molecule has 4 nitrogen and oxygen atoms in total. The van der Waals surface area contributed by atoms with Crippen molar-refractivity contribution in [3.63, 3.8) is 0 Å². The van der Waals surface area contributed by atoms with E-state index in [0.29, 0.717) is 11.6 Å². The highest BCUT2D eigenvalue weighted by molar-refractivity contribution is 5.96. The predicted molar refractivity (Wildman–Crippen MR) is 107 cm³/mol. The lowest BCUT2D eigenvalue weighted by molar-refractivity contribution is -0.138. The van der Waals surface area contributed by atoms with Gasteiger partial charge in [0.15, 0.2) is 0 Å². The van der Waals surface area contributed by atoms with Gasteiger partial charge in [-0.05, 0) is 41.0 Å². The SMILES string of the molecule is O=C(CNC(=O)c1ccc(-c2ccccc2)cc1)NCc1ccc(F)cc1C(F)(F)F. The number of nitrogens with one attached hydrogen (secondary N) is 2. The summed E-state index contributed by atoms with van der Waals surface area (Å²) in [5, 5.41) is 4.71. The van der Waals surface area contributed by atoms with Crippen LogP contribution in [0.3, 0.4) is 0 Å². The molecule has 0 saturated heterocycles. The van der Waals surface area contributed by atoms with Gasteiger partial charge in [-0.2, -0.15) is 13.2 Å². The molecule has 3 aromatic rings. The molecule has 0 fully saturated rings. The summed E-state index contributed by atoms with van der Waals surface area (Å²) in [6, 6.07) is 18.6.